The van der Waals surface area contributed by atoms with Crippen molar-refractivity contribution in [3.63, 3.8) is 0 Å². The third-order valence-corrected chi connectivity index (χ3v) is 13.3. The van der Waals surface area contributed by atoms with Gasteiger partial charge >= 0.3 is 6.09 Å². The predicted molar refractivity (Wildman–Crippen MR) is 143 cm³/mol. The summed E-state index contributed by atoms with van der Waals surface area (Å²) in [5, 5.41) is 9.57. The van der Waals surface area contributed by atoms with Crippen LogP contribution in [0.15, 0.2) is 60.7 Å². The van der Waals surface area contributed by atoms with Crippen LogP contribution in [0.4, 0.5) is 4.79 Å². The minimum Gasteiger partial charge on any atom is -0.444 e. The Kier molecular flexibility index (Phi) is 5.93. The second kappa shape index (κ2) is 8.46. The monoisotopic (exact) mass is 492 g/mol. The largest absolute Gasteiger partial charge is 0.444 e. The predicted octanol–water partition coefficient (Wildman–Crippen LogP) is 4.21. The average molecular weight is 493 g/mol. The first-order chi connectivity index (χ1) is 16.5. The van der Waals surface area contributed by atoms with E-state index in [1.807, 2.05) is 20.8 Å². The standard InChI is InChI=1S/C29H40N2O3Si/c1-27(2,3)33-26(32)31-29-18-20-17-23(29)24(30-19-20)25(29)34-35(28(4,5)6,21-13-9-7-10-14-21)22-15-11-8-12-16-22/h7-16,20,23-25,30H,17-19H2,1-6H3,(H,31,32)/t20-,23-,24?,25-,29?/m1/s1. The number of rotatable bonds is 5. The van der Waals surface area contributed by atoms with Gasteiger partial charge in [-0.15, -0.1) is 0 Å². The molecule has 2 saturated carbocycles. The molecule has 2 aliphatic carbocycles. The van der Waals surface area contributed by atoms with Crippen molar-refractivity contribution in [3.05, 3.63) is 60.7 Å². The molecule has 2 N–H and O–H groups in total. The van der Waals surface area contributed by atoms with E-state index in [4.69, 9.17) is 9.16 Å². The zero-order chi connectivity index (χ0) is 25.1. The summed E-state index contributed by atoms with van der Waals surface area (Å²) in [5.41, 5.74) is -0.932. The highest BCUT2D eigenvalue weighted by molar-refractivity contribution is 6.99. The quantitative estimate of drug-likeness (QED) is 0.614. The van der Waals surface area contributed by atoms with Gasteiger partial charge in [0, 0.05) is 12.0 Å². The number of nitrogens with one attached hydrogen (secondary N) is 2. The maximum atomic E-state index is 13.1. The summed E-state index contributed by atoms with van der Waals surface area (Å²) in [6.45, 7) is 13.7. The lowest BCUT2D eigenvalue weighted by Crippen LogP contribution is -2.82. The fourth-order valence-electron chi connectivity index (χ4n) is 6.97. The average Bonchev–Trinajstić information content (AvgIpc) is 2.90. The summed E-state index contributed by atoms with van der Waals surface area (Å²) in [6, 6.07) is 21.8. The third kappa shape index (κ3) is 4.04. The van der Waals surface area contributed by atoms with Crippen LogP contribution in [0.3, 0.4) is 0 Å². The molecule has 2 aromatic carbocycles. The van der Waals surface area contributed by atoms with Crippen molar-refractivity contribution in [2.45, 2.75) is 82.7 Å². The fourth-order valence-corrected chi connectivity index (χ4v) is 11.7. The maximum Gasteiger partial charge on any atom is 0.408 e. The molecule has 2 aromatic rings. The number of fused-ring (bicyclic) bond motifs is 1. The lowest BCUT2D eigenvalue weighted by molar-refractivity contribution is -0.0857. The lowest BCUT2D eigenvalue weighted by atomic mass is 9.62. The molecule has 5 rings (SSSR count). The number of ether oxygens (including phenoxy) is 1. The Hall–Kier alpha value is -2.15. The number of hydrogen-bond acceptors (Lipinski definition) is 4. The van der Waals surface area contributed by atoms with Crippen molar-refractivity contribution in [2.24, 2.45) is 11.8 Å². The number of benzene rings is 2. The number of carbonyl (C=O) groups excluding carboxylic acids is 1. The Morgan fingerprint density at radius 2 is 1.54 bits per heavy atom. The zero-order valence-corrected chi connectivity index (χ0v) is 22.9. The zero-order valence-electron chi connectivity index (χ0n) is 21.9. The number of amides is 1. The molecular weight excluding hydrogens is 452 g/mol. The lowest BCUT2D eigenvalue weighted by Gasteiger charge is -2.61. The summed E-state index contributed by atoms with van der Waals surface area (Å²) < 4.78 is 13.3. The van der Waals surface area contributed by atoms with Gasteiger partial charge in [0.05, 0.1) is 11.6 Å². The highest BCUT2D eigenvalue weighted by Crippen LogP contribution is 2.58. The molecule has 5 nitrogen and oxygen atoms in total. The second-order valence-corrected chi connectivity index (χ2v) is 17.0. The summed E-state index contributed by atoms with van der Waals surface area (Å²) in [7, 11) is -2.76. The topological polar surface area (TPSA) is 59.6 Å². The van der Waals surface area contributed by atoms with Crippen LogP contribution in [0, 0.1) is 11.8 Å². The minimum atomic E-state index is -2.76. The highest BCUT2D eigenvalue weighted by atomic mass is 28.4. The van der Waals surface area contributed by atoms with E-state index >= 15 is 0 Å². The molecule has 0 aromatic heterocycles. The van der Waals surface area contributed by atoms with Gasteiger partial charge in [-0.25, -0.2) is 4.79 Å². The van der Waals surface area contributed by atoms with Crippen molar-refractivity contribution in [1.82, 2.24) is 10.6 Å². The molecule has 1 saturated heterocycles. The smallest absolute Gasteiger partial charge is 0.408 e. The van der Waals surface area contributed by atoms with Gasteiger partial charge in [-0.3, -0.25) is 0 Å². The van der Waals surface area contributed by atoms with E-state index in [-0.39, 0.29) is 23.3 Å². The molecule has 188 valence electrons. The van der Waals surface area contributed by atoms with E-state index in [2.05, 4.69) is 92.1 Å². The molecule has 0 radical (unpaired) electrons. The Bertz CT molecular complexity index is 1020. The van der Waals surface area contributed by atoms with Gasteiger partial charge in [-0.1, -0.05) is 81.4 Å². The molecule has 1 amide bonds. The van der Waals surface area contributed by atoms with Gasteiger partial charge in [0.2, 0.25) is 0 Å². The van der Waals surface area contributed by atoms with Crippen LogP contribution in [-0.2, 0) is 9.16 Å². The minimum absolute atomic E-state index is 0.112. The molecular formula is C29H40N2O3Si. The second-order valence-electron chi connectivity index (χ2n) is 12.7. The summed E-state index contributed by atoms with van der Waals surface area (Å²) in [6.07, 6.45) is 1.62. The van der Waals surface area contributed by atoms with E-state index in [0.717, 1.165) is 19.4 Å². The van der Waals surface area contributed by atoms with Crippen molar-refractivity contribution >= 4 is 24.8 Å². The van der Waals surface area contributed by atoms with Crippen LogP contribution >= 0.6 is 0 Å². The summed E-state index contributed by atoms with van der Waals surface area (Å²) >= 11 is 0. The molecule has 3 fully saturated rings. The van der Waals surface area contributed by atoms with Gasteiger partial charge in [-0.05, 0) is 61.5 Å². The molecule has 0 spiro atoms. The molecule has 1 aliphatic heterocycles. The van der Waals surface area contributed by atoms with Crippen molar-refractivity contribution < 1.29 is 14.0 Å². The van der Waals surface area contributed by atoms with Crippen LogP contribution in [0.5, 0.6) is 0 Å². The molecule has 3 aliphatic rings. The van der Waals surface area contributed by atoms with Crippen molar-refractivity contribution in [2.75, 3.05) is 6.54 Å². The summed E-state index contributed by atoms with van der Waals surface area (Å²) in [4.78, 5) is 13.1. The third-order valence-electron chi connectivity index (χ3n) is 8.24. The molecule has 35 heavy (non-hydrogen) atoms. The van der Waals surface area contributed by atoms with E-state index in [1.54, 1.807) is 0 Å². The number of alkyl carbamates (subject to hydrolysis) is 1. The molecule has 1 heterocycles. The van der Waals surface area contributed by atoms with Crippen LogP contribution in [0.2, 0.25) is 5.04 Å². The SMILES string of the molecule is CC(C)(C)OC(=O)NC12C[C@@H]3CNC([C@H]1C3)[C@H]2O[Si](c1ccccc1)(c1ccccc1)C(C)(C)C. The molecule has 6 heteroatoms. The van der Waals surface area contributed by atoms with E-state index < -0.39 is 19.5 Å². The van der Waals surface area contributed by atoms with Crippen LogP contribution < -0.4 is 21.0 Å². The fraction of sp³-hybridized carbons (Fsp3) is 0.552. The van der Waals surface area contributed by atoms with Gasteiger partial charge in [0.1, 0.15) is 5.60 Å². The van der Waals surface area contributed by atoms with Crippen LogP contribution in [0.25, 0.3) is 0 Å². The van der Waals surface area contributed by atoms with Crippen LogP contribution in [0.1, 0.15) is 54.4 Å². The first kappa shape index (κ1) is 24.5. The Morgan fingerprint density at radius 1 is 0.971 bits per heavy atom. The van der Waals surface area contributed by atoms with Crippen molar-refractivity contribution in [1.29, 1.82) is 0 Å². The molecule has 2 bridgehead atoms. The number of piperidine rings is 1. The number of hydrogen-bond donors (Lipinski definition) is 2. The summed E-state index contributed by atoms with van der Waals surface area (Å²) in [5.74, 6) is 0.927. The Morgan fingerprint density at radius 3 is 2.06 bits per heavy atom. The maximum absolute atomic E-state index is 13.1. The number of carbonyl (C=O) groups is 1. The van der Waals surface area contributed by atoms with Gasteiger partial charge in [0.15, 0.2) is 0 Å². The molecule has 2 unspecified atom stereocenters. The van der Waals surface area contributed by atoms with Crippen molar-refractivity contribution in [3.8, 4) is 0 Å². The highest BCUT2D eigenvalue weighted by Gasteiger charge is 2.71. The normalized spacial score (nSPS) is 29.9. The van der Waals surface area contributed by atoms with Gasteiger partial charge in [0.25, 0.3) is 8.32 Å². The first-order valence-electron chi connectivity index (χ1n) is 13.0. The van der Waals surface area contributed by atoms with Crippen LogP contribution in [-0.4, -0.2) is 44.2 Å². The first-order valence-corrected chi connectivity index (χ1v) is 14.9. The Balaban J connectivity index is 1.59. The van der Waals surface area contributed by atoms with Gasteiger partial charge in [-0.2, -0.15) is 0 Å². The van der Waals surface area contributed by atoms with E-state index in [1.165, 1.54) is 10.4 Å². The molecule has 5 atom stereocenters. The van der Waals surface area contributed by atoms with Gasteiger partial charge < -0.3 is 19.8 Å². The van der Waals surface area contributed by atoms with E-state index in [0.29, 0.717) is 11.8 Å². The Labute approximate surface area is 211 Å². The van der Waals surface area contributed by atoms with E-state index in [9.17, 15) is 4.79 Å².